The molecule has 4 heteroatoms. The fourth-order valence-corrected chi connectivity index (χ4v) is 1.43. The Bertz CT molecular complexity index is 341. The van der Waals surface area contributed by atoms with Crippen LogP contribution in [-0.2, 0) is 0 Å². The number of nitrogens with zero attached hydrogens (tertiary/aromatic N) is 1. The van der Waals surface area contributed by atoms with E-state index >= 15 is 0 Å². The first-order valence-electron chi connectivity index (χ1n) is 5.06. The van der Waals surface area contributed by atoms with Crippen molar-refractivity contribution in [1.82, 2.24) is 4.98 Å². The third-order valence-electron chi connectivity index (χ3n) is 2.02. The molecule has 0 aliphatic heterocycles. The quantitative estimate of drug-likeness (QED) is 0.779. The van der Waals surface area contributed by atoms with Crippen LogP contribution in [0.25, 0.3) is 0 Å². The molecule has 0 saturated heterocycles. The van der Waals surface area contributed by atoms with Crippen LogP contribution in [0.5, 0.6) is 5.75 Å². The summed E-state index contributed by atoms with van der Waals surface area (Å²) in [5, 5.41) is 0. The zero-order valence-corrected chi connectivity index (χ0v) is 9.88. The van der Waals surface area contributed by atoms with E-state index in [4.69, 9.17) is 22.7 Å². The molecule has 0 amide bonds. The van der Waals surface area contributed by atoms with Gasteiger partial charge in [-0.3, -0.25) is 4.98 Å². The van der Waals surface area contributed by atoms with Gasteiger partial charge in [-0.1, -0.05) is 25.6 Å². The summed E-state index contributed by atoms with van der Waals surface area (Å²) in [7, 11) is 0. The maximum Gasteiger partial charge on any atom is 0.123 e. The molecule has 0 saturated carbocycles. The highest BCUT2D eigenvalue weighted by atomic mass is 32.1. The average Bonchev–Trinajstić information content (AvgIpc) is 2.18. The summed E-state index contributed by atoms with van der Waals surface area (Å²) in [6.45, 7) is 4.18. The van der Waals surface area contributed by atoms with Crippen molar-refractivity contribution in [1.29, 1.82) is 0 Å². The van der Waals surface area contributed by atoms with Gasteiger partial charge in [0.2, 0.25) is 0 Å². The molecule has 0 aliphatic rings. The molecular formula is C11H16N2OS. The van der Waals surface area contributed by atoms with E-state index in [-0.39, 0.29) is 6.10 Å². The Labute approximate surface area is 95.7 Å². The molecule has 2 N–H and O–H groups in total. The van der Waals surface area contributed by atoms with Gasteiger partial charge < -0.3 is 10.5 Å². The molecule has 1 unspecified atom stereocenters. The SMILES string of the molecule is CCCC(C)Oc1ccnc(C(N)=S)c1. The summed E-state index contributed by atoms with van der Waals surface area (Å²) in [6, 6.07) is 3.59. The first-order valence-corrected chi connectivity index (χ1v) is 5.46. The Hall–Kier alpha value is -1.16. The summed E-state index contributed by atoms with van der Waals surface area (Å²) >= 11 is 4.85. The van der Waals surface area contributed by atoms with Gasteiger partial charge in [0.15, 0.2) is 0 Å². The largest absolute Gasteiger partial charge is 0.491 e. The molecule has 0 spiro atoms. The number of hydrogen-bond donors (Lipinski definition) is 1. The van der Waals surface area contributed by atoms with Crippen LogP contribution >= 0.6 is 12.2 Å². The molecule has 0 aromatic carbocycles. The molecule has 3 nitrogen and oxygen atoms in total. The minimum atomic E-state index is 0.205. The van der Waals surface area contributed by atoms with E-state index in [1.165, 1.54) is 0 Å². The monoisotopic (exact) mass is 224 g/mol. The Morgan fingerprint density at radius 1 is 1.67 bits per heavy atom. The van der Waals surface area contributed by atoms with Crippen molar-refractivity contribution in [3.8, 4) is 5.75 Å². The number of nitrogens with two attached hydrogens (primary N) is 1. The van der Waals surface area contributed by atoms with Gasteiger partial charge >= 0.3 is 0 Å². The first kappa shape index (κ1) is 11.9. The fourth-order valence-electron chi connectivity index (χ4n) is 1.32. The van der Waals surface area contributed by atoms with Crippen molar-refractivity contribution >= 4 is 17.2 Å². The van der Waals surface area contributed by atoms with E-state index < -0.39 is 0 Å². The Morgan fingerprint density at radius 3 is 3.00 bits per heavy atom. The summed E-state index contributed by atoms with van der Waals surface area (Å²) in [5.74, 6) is 0.772. The zero-order chi connectivity index (χ0) is 11.3. The summed E-state index contributed by atoms with van der Waals surface area (Å²) in [5.41, 5.74) is 6.09. The molecule has 1 aromatic rings. The predicted molar refractivity (Wildman–Crippen MR) is 65.1 cm³/mol. The van der Waals surface area contributed by atoms with Gasteiger partial charge in [0.25, 0.3) is 0 Å². The normalized spacial score (nSPS) is 12.1. The highest BCUT2D eigenvalue weighted by Gasteiger charge is 2.04. The standard InChI is InChI=1S/C11H16N2OS/c1-3-4-8(2)14-9-5-6-13-10(7-9)11(12)15/h5-8H,3-4H2,1-2H3,(H2,12,15). The third-order valence-corrected chi connectivity index (χ3v) is 2.23. The van der Waals surface area contributed by atoms with Crippen molar-refractivity contribution in [3.05, 3.63) is 24.0 Å². The van der Waals surface area contributed by atoms with Crippen molar-refractivity contribution < 1.29 is 4.74 Å². The number of pyridine rings is 1. The van der Waals surface area contributed by atoms with E-state index in [1.54, 1.807) is 12.3 Å². The molecule has 15 heavy (non-hydrogen) atoms. The van der Waals surface area contributed by atoms with Crippen LogP contribution in [0.3, 0.4) is 0 Å². The van der Waals surface area contributed by atoms with Crippen molar-refractivity contribution in [2.24, 2.45) is 5.73 Å². The van der Waals surface area contributed by atoms with Crippen LogP contribution in [0.1, 0.15) is 32.4 Å². The maximum absolute atomic E-state index is 5.69. The topological polar surface area (TPSA) is 48.1 Å². The molecule has 1 rings (SSSR count). The number of ether oxygens (including phenoxy) is 1. The number of thiocarbonyl (C=S) groups is 1. The molecule has 0 aliphatic carbocycles. The highest BCUT2D eigenvalue weighted by molar-refractivity contribution is 7.80. The smallest absolute Gasteiger partial charge is 0.123 e. The minimum absolute atomic E-state index is 0.205. The Morgan fingerprint density at radius 2 is 2.40 bits per heavy atom. The second-order valence-corrected chi connectivity index (χ2v) is 3.90. The van der Waals surface area contributed by atoms with Crippen LogP contribution in [0.15, 0.2) is 18.3 Å². The van der Waals surface area contributed by atoms with Gasteiger partial charge in [0, 0.05) is 12.3 Å². The van der Waals surface area contributed by atoms with Crippen molar-refractivity contribution in [2.45, 2.75) is 32.8 Å². The van der Waals surface area contributed by atoms with Gasteiger partial charge in [0.05, 0.1) is 6.10 Å². The maximum atomic E-state index is 5.69. The van der Waals surface area contributed by atoms with E-state index in [0.29, 0.717) is 10.7 Å². The van der Waals surface area contributed by atoms with Crippen molar-refractivity contribution in [2.75, 3.05) is 0 Å². The van der Waals surface area contributed by atoms with Crippen LogP contribution in [0.4, 0.5) is 0 Å². The lowest BCUT2D eigenvalue weighted by Crippen LogP contribution is -2.14. The second-order valence-electron chi connectivity index (χ2n) is 3.46. The number of hydrogen-bond acceptors (Lipinski definition) is 3. The number of aromatic nitrogens is 1. The lowest BCUT2D eigenvalue weighted by molar-refractivity contribution is 0.209. The molecular weight excluding hydrogens is 208 g/mol. The van der Waals surface area contributed by atoms with Gasteiger partial charge in [-0.05, 0) is 19.4 Å². The molecule has 0 radical (unpaired) electrons. The fraction of sp³-hybridized carbons (Fsp3) is 0.455. The van der Waals surface area contributed by atoms with Gasteiger partial charge in [0.1, 0.15) is 16.4 Å². The molecule has 0 bridgehead atoms. The average molecular weight is 224 g/mol. The van der Waals surface area contributed by atoms with Gasteiger partial charge in [-0.2, -0.15) is 0 Å². The lowest BCUT2D eigenvalue weighted by Gasteiger charge is -2.13. The predicted octanol–water partition coefficient (Wildman–Crippen LogP) is 2.28. The van der Waals surface area contributed by atoms with Crippen molar-refractivity contribution in [3.63, 3.8) is 0 Å². The Kier molecular flexibility index (Phi) is 4.49. The summed E-state index contributed by atoms with van der Waals surface area (Å²) in [6.07, 6.45) is 4.00. The van der Waals surface area contributed by atoms with Gasteiger partial charge in [-0.15, -0.1) is 0 Å². The molecule has 1 heterocycles. The zero-order valence-electron chi connectivity index (χ0n) is 9.06. The Balaban J connectivity index is 2.69. The lowest BCUT2D eigenvalue weighted by atomic mass is 10.2. The third kappa shape index (κ3) is 3.83. The minimum Gasteiger partial charge on any atom is -0.491 e. The summed E-state index contributed by atoms with van der Waals surface area (Å²) in [4.78, 5) is 4.34. The van der Waals surface area contributed by atoms with Crippen LogP contribution in [-0.4, -0.2) is 16.1 Å². The molecule has 1 atom stereocenters. The molecule has 0 fully saturated rings. The second kappa shape index (κ2) is 5.66. The van der Waals surface area contributed by atoms with Crippen LogP contribution in [0, 0.1) is 0 Å². The first-order chi connectivity index (χ1) is 7.13. The van der Waals surface area contributed by atoms with Crippen LogP contribution < -0.4 is 10.5 Å². The van der Waals surface area contributed by atoms with Crippen LogP contribution in [0.2, 0.25) is 0 Å². The molecule has 1 aromatic heterocycles. The highest BCUT2D eigenvalue weighted by Crippen LogP contribution is 2.14. The van der Waals surface area contributed by atoms with E-state index in [0.717, 1.165) is 18.6 Å². The summed E-state index contributed by atoms with van der Waals surface area (Å²) < 4.78 is 5.69. The van der Waals surface area contributed by atoms with E-state index in [9.17, 15) is 0 Å². The van der Waals surface area contributed by atoms with Gasteiger partial charge in [-0.25, -0.2) is 0 Å². The number of rotatable bonds is 5. The van der Waals surface area contributed by atoms with E-state index in [2.05, 4.69) is 11.9 Å². The van der Waals surface area contributed by atoms with E-state index in [1.807, 2.05) is 13.0 Å². The molecule has 82 valence electrons.